The molecule has 1 N–H and O–H groups in total. The number of carbonyl (C=O) groups excluding carboxylic acids is 1. The Balaban J connectivity index is 1.82. The van der Waals surface area contributed by atoms with Crippen molar-refractivity contribution in [2.24, 2.45) is 7.05 Å². The van der Waals surface area contributed by atoms with Crippen LogP contribution in [0.15, 0.2) is 36.5 Å². The number of halogens is 2. The number of ether oxygens (including phenoxy) is 1. The third kappa shape index (κ3) is 4.27. The fourth-order valence-electron chi connectivity index (χ4n) is 3.32. The predicted octanol–water partition coefficient (Wildman–Crippen LogP) is 4.21. The molecule has 0 saturated heterocycles. The fourth-order valence-corrected chi connectivity index (χ4v) is 3.32. The van der Waals surface area contributed by atoms with Crippen LogP contribution in [-0.4, -0.2) is 29.8 Å². The fraction of sp³-hybridized carbons (Fsp3) is 0.273. The van der Waals surface area contributed by atoms with Crippen molar-refractivity contribution in [3.8, 4) is 5.75 Å². The SMILES string of the molecule is Cc1cccc(NC(=O)c2c(F)cc(OCc3c(C)cnn3C)cc2F)c1N(C)C. The number of para-hydroxylation sites is 1. The Kier molecular flexibility index (Phi) is 6.05. The lowest BCUT2D eigenvalue weighted by Gasteiger charge is -2.20. The third-order valence-electron chi connectivity index (χ3n) is 4.82. The van der Waals surface area contributed by atoms with Gasteiger partial charge in [-0.2, -0.15) is 5.10 Å². The first-order chi connectivity index (χ1) is 14.2. The van der Waals surface area contributed by atoms with Crippen LogP contribution >= 0.6 is 0 Å². The number of rotatable bonds is 6. The van der Waals surface area contributed by atoms with Gasteiger partial charge in [0.2, 0.25) is 0 Å². The summed E-state index contributed by atoms with van der Waals surface area (Å²) in [7, 11) is 5.41. The van der Waals surface area contributed by atoms with Gasteiger partial charge >= 0.3 is 0 Å². The standard InChI is InChI=1S/C22H24F2N4O2/c1-13-7-6-8-18(21(13)27(3)4)26-22(29)20-16(23)9-15(10-17(20)24)30-12-19-14(2)11-25-28(19)5/h6-11H,12H2,1-5H3,(H,26,29). The van der Waals surface area contributed by atoms with Crippen LogP contribution in [-0.2, 0) is 13.7 Å². The van der Waals surface area contributed by atoms with E-state index < -0.39 is 23.1 Å². The van der Waals surface area contributed by atoms with E-state index >= 15 is 0 Å². The highest BCUT2D eigenvalue weighted by Crippen LogP contribution is 2.29. The molecule has 158 valence electrons. The Morgan fingerprint density at radius 2 is 1.83 bits per heavy atom. The minimum Gasteiger partial charge on any atom is -0.487 e. The van der Waals surface area contributed by atoms with E-state index in [1.807, 2.05) is 38.9 Å². The molecule has 1 aromatic heterocycles. The molecule has 0 aliphatic carbocycles. The molecule has 0 atom stereocenters. The van der Waals surface area contributed by atoms with Crippen LogP contribution < -0.4 is 15.0 Å². The Bertz CT molecular complexity index is 1050. The van der Waals surface area contributed by atoms with Gasteiger partial charge in [0.05, 0.1) is 23.3 Å². The van der Waals surface area contributed by atoms with Crippen molar-refractivity contribution in [3.63, 3.8) is 0 Å². The van der Waals surface area contributed by atoms with E-state index in [1.165, 1.54) is 0 Å². The minimum atomic E-state index is -0.997. The second kappa shape index (κ2) is 8.52. The topological polar surface area (TPSA) is 59.4 Å². The summed E-state index contributed by atoms with van der Waals surface area (Å²) in [4.78, 5) is 14.5. The summed E-state index contributed by atoms with van der Waals surface area (Å²) in [6, 6.07) is 7.35. The van der Waals surface area contributed by atoms with E-state index in [-0.39, 0.29) is 12.4 Å². The van der Waals surface area contributed by atoms with Crippen LogP contribution in [0.2, 0.25) is 0 Å². The number of nitrogens with one attached hydrogen (secondary N) is 1. The number of aryl methyl sites for hydroxylation is 3. The first-order valence-corrected chi connectivity index (χ1v) is 9.36. The first kappa shape index (κ1) is 21.3. The van der Waals surface area contributed by atoms with Crippen molar-refractivity contribution in [1.29, 1.82) is 0 Å². The molecule has 6 nitrogen and oxygen atoms in total. The van der Waals surface area contributed by atoms with Gasteiger partial charge in [0.25, 0.3) is 5.91 Å². The Morgan fingerprint density at radius 3 is 2.40 bits per heavy atom. The second-order valence-electron chi connectivity index (χ2n) is 7.27. The molecule has 0 fully saturated rings. The van der Waals surface area contributed by atoms with Crippen LogP contribution in [0.25, 0.3) is 0 Å². The lowest BCUT2D eigenvalue weighted by atomic mass is 10.1. The molecular formula is C22H24F2N4O2. The predicted molar refractivity (Wildman–Crippen MR) is 112 cm³/mol. The zero-order chi connectivity index (χ0) is 22.0. The van der Waals surface area contributed by atoms with Crippen LogP contribution in [0.5, 0.6) is 5.75 Å². The maximum Gasteiger partial charge on any atom is 0.261 e. The summed E-state index contributed by atoms with van der Waals surface area (Å²) < 4.78 is 36.4. The number of nitrogens with zero attached hydrogens (tertiary/aromatic N) is 3. The molecular weight excluding hydrogens is 390 g/mol. The number of hydrogen-bond acceptors (Lipinski definition) is 4. The molecule has 2 aromatic carbocycles. The number of benzene rings is 2. The molecule has 1 heterocycles. The van der Waals surface area contributed by atoms with Gasteiger partial charge < -0.3 is 15.0 Å². The van der Waals surface area contributed by atoms with Crippen LogP contribution in [0, 0.1) is 25.5 Å². The van der Waals surface area contributed by atoms with E-state index in [0.717, 1.165) is 34.6 Å². The van der Waals surface area contributed by atoms with Crippen molar-refractivity contribution in [2.45, 2.75) is 20.5 Å². The zero-order valence-electron chi connectivity index (χ0n) is 17.6. The van der Waals surface area contributed by atoms with E-state index in [0.29, 0.717) is 5.69 Å². The van der Waals surface area contributed by atoms with Gasteiger partial charge in [-0.25, -0.2) is 8.78 Å². The molecule has 1 amide bonds. The number of anilines is 2. The number of hydrogen-bond donors (Lipinski definition) is 1. The molecule has 3 rings (SSSR count). The van der Waals surface area contributed by atoms with Crippen LogP contribution in [0.1, 0.15) is 27.2 Å². The molecule has 30 heavy (non-hydrogen) atoms. The van der Waals surface area contributed by atoms with Gasteiger partial charge in [0, 0.05) is 33.3 Å². The van der Waals surface area contributed by atoms with Gasteiger partial charge in [-0.3, -0.25) is 9.48 Å². The van der Waals surface area contributed by atoms with Crippen molar-refractivity contribution < 1.29 is 18.3 Å². The monoisotopic (exact) mass is 414 g/mol. The van der Waals surface area contributed by atoms with E-state index in [2.05, 4.69) is 10.4 Å². The maximum absolute atomic E-state index is 14.6. The minimum absolute atomic E-state index is 0.00770. The highest BCUT2D eigenvalue weighted by molar-refractivity contribution is 6.06. The lowest BCUT2D eigenvalue weighted by molar-refractivity contribution is 0.101. The number of aromatic nitrogens is 2. The summed E-state index contributed by atoms with van der Waals surface area (Å²) in [5.74, 6) is -2.87. The quantitative estimate of drug-likeness (QED) is 0.656. The Labute approximate surface area is 174 Å². The average molecular weight is 414 g/mol. The van der Waals surface area contributed by atoms with E-state index in [4.69, 9.17) is 4.74 Å². The summed E-state index contributed by atoms with van der Waals surface area (Å²) in [6.45, 7) is 3.86. The van der Waals surface area contributed by atoms with Crippen molar-refractivity contribution in [2.75, 3.05) is 24.3 Å². The summed E-state index contributed by atoms with van der Waals surface area (Å²) in [5, 5.41) is 6.70. The van der Waals surface area contributed by atoms with Crippen molar-refractivity contribution >= 4 is 17.3 Å². The summed E-state index contributed by atoms with van der Waals surface area (Å²) in [5.41, 5.74) is 3.18. The molecule has 0 saturated carbocycles. The van der Waals surface area contributed by atoms with Gasteiger partial charge in [0.1, 0.15) is 29.6 Å². The molecule has 0 radical (unpaired) electrons. The van der Waals surface area contributed by atoms with Gasteiger partial charge in [0.15, 0.2) is 0 Å². The second-order valence-corrected chi connectivity index (χ2v) is 7.27. The molecule has 0 aliphatic heterocycles. The zero-order valence-corrected chi connectivity index (χ0v) is 17.6. The van der Waals surface area contributed by atoms with Gasteiger partial charge in [-0.15, -0.1) is 0 Å². The van der Waals surface area contributed by atoms with E-state index in [1.54, 1.807) is 30.1 Å². The number of amides is 1. The molecule has 3 aromatic rings. The first-order valence-electron chi connectivity index (χ1n) is 9.36. The average Bonchev–Trinajstić information content (AvgIpc) is 2.97. The highest BCUT2D eigenvalue weighted by Gasteiger charge is 2.21. The largest absolute Gasteiger partial charge is 0.487 e. The van der Waals surface area contributed by atoms with Gasteiger partial charge in [-0.05, 0) is 31.0 Å². The molecule has 0 spiro atoms. The van der Waals surface area contributed by atoms with Crippen molar-refractivity contribution in [1.82, 2.24) is 9.78 Å². The molecule has 0 unspecified atom stereocenters. The maximum atomic E-state index is 14.6. The van der Waals surface area contributed by atoms with Crippen LogP contribution in [0.4, 0.5) is 20.2 Å². The Hall–Kier alpha value is -3.42. The molecule has 0 bridgehead atoms. The van der Waals surface area contributed by atoms with Crippen molar-refractivity contribution in [3.05, 3.63) is 70.5 Å². The Morgan fingerprint density at radius 1 is 1.17 bits per heavy atom. The highest BCUT2D eigenvalue weighted by atomic mass is 19.1. The number of carbonyl (C=O) groups is 1. The summed E-state index contributed by atoms with van der Waals surface area (Å²) >= 11 is 0. The normalized spacial score (nSPS) is 10.8. The molecule has 0 aliphatic rings. The smallest absolute Gasteiger partial charge is 0.261 e. The van der Waals surface area contributed by atoms with Crippen LogP contribution in [0.3, 0.4) is 0 Å². The molecule has 8 heteroatoms. The summed E-state index contributed by atoms with van der Waals surface area (Å²) in [6.07, 6.45) is 1.68. The van der Waals surface area contributed by atoms with Gasteiger partial charge in [-0.1, -0.05) is 12.1 Å². The lowest BCUT2D eigenvalue weighted by Crippen LogP contribution is -2.19. The van der Waals surface area contributed by atoms with E-state index in [9.17, 15) is 13.6 Å². The third-order valence-corrected chi connectivity index (χ3v) is 4.82.